The van der Waals surface area contributed by atoms with Crippen molar-refractivity contribution in [2.45, 2.75) is 51.7 Å². The van der Waals surface area contributed by atoms with E-state index in [1.807, 2.05) is 20.8 Å². The summed E-state index contributed by atoms with van der Waals surface area (Å²) < 4.78 is 5.19. The maximum Gasteiger partial charge on any atom is 0.407 e. The van der Waals surface area contributed by atoms with E-state index in [4.69, 9.17) is 4.74 Å². The predicted molar refractivity (Wildman–Crippen MR) is 84.5 cm³/mol. The summed E-state index contributed by atoms with van der Waals surface area (Å²) in [6, 6.07) is 9.16. The highest BCUT2D eigenvalue weighted by molar-refractivity contribution is 5.67. The Morgan fingerprint density at radius 2 is 1.81 bits per heavy atom. The molecule has 0 heterocycles. The van der Waals surface area contributed by atoms with Gasteiger partial charge in [-0.1, -0.05) is 24.3 Å². The maximum atomic E-state index is 11.5. The Bertz CT molecular complexity index is 455. The lowest BCUT2D eigenvalue weighted by Crippen LogP contribution is -2.35. The minimum absolute atomic E-state index is 0.337. The predicted octanol–water partition coefficient (Wildman–Crippen LogP) is 2.66. The molecular formula is C17H26N2O2. The molecule has 0 saturated carbocycles. The van der Waals surface area contributed by atoms with Crippen LogP contribution in [0.4, 0.5) is 4.79 Å². The van der Waals surface area contributed by atoms with Crippen molar-refractivity contribution >= 4 is 6.09 Å². The van der Waals surface area contributed by atoms with Crippen LogP contribution in [0.25, 0.3) is 0 Å². The van der Waals surface area contributed by atoms with Crippen LogP contribution in [0.2, 0.25) is 0 Å². The summed E-state index contributed by atoms with van der Waals surface area (Å²) in [5.41, 5.74) is 2.49. The van der Waals surface area contributed by atoms with Crippen LogP contribution in [-0.2, 0) is 17.6 Å². The average molecular weight is 290 g/mol. The molecule has 0 aromatic heterocycles. The van der Waals surface area contributed by atoms with Crippen molar-refractivity contribution < 1.29 is 9.53 Å². The molecule has 1 aliphatic carbocycles. The summed E-state index contributed by atoms with van der Waals surface area (Å²) in [5.74, 6) is 0. The molecule has 0 unspecified atom stereocenters. The zero-order valence-corrected chi connectivity index (χ0v) is 13.2. The van der Waals surface area contributed by atoms with Crippen molar-refractivity contribution in [2.75, 3.05) is 13.1 Å². The molecule has 4 heteroatoms. The summed E-state index contributed by atoms with van der Waals surface area (Å²) in [6.07, 6.45) is 2.79. The van der Waals surface area contributed by atoms with Crippen LogP contribution in [0, 0.1) is 0 Å². The smallest absolute Gasteiger partial charge is 0.407 e. The Labute approximate surface area is 127 Å². The van der Waals surface area contributed by atoms with Crippen LogP contribution in [0.5, 0.6) is 0 Å². The molecule has 1 aromatic carbocycles. The summed E-state index contributed by atoms with van der Waals surface area (Å²) in [5, 5.41) is 6.34. The molecule has 1 amide bonds. The Morgan fingerprint density at radius 1 is 1.19 bits per heavy atom. The van der Waals surface area contributed by atoms with Crippen molar-refractivity contribution in [1.29, 1.82) is 0 Å². The van der Waals surface area contributed by atoms with Crippen LogP contribution < -0.4 is 10.6 Å². The van der Waals surface area contributed by atoms with E-state index in [2.05, 4.69) is 34.9 Å². The molecular weight excluding hydrogens is 264 g/mol. The van der Waals surface area contributed by atoms with Crippen molar-refractivity contribution in [1.82, 2.24) is 10.6 Å². The number of hydrogen-bond acceptors (Lipinski definition) is 3. The van der Waals surface area contributed by atoms with Crippen LogP contribution in [0.3, 0.4) is 0 Å². The molecule has 116 valence electrons. The van der Waals surface area contributed by atoms with E-state index in [-0.39, 0.29) is 6.09 Å². The fraction of sp³-hybridized carbons (Fsp3) is 0.588. The Balaban J connectivity index is 1.57. The third-order valence-electron chi connectivity index (χ3n) is 3.51. The second kappa shape index (κ2) is 6.94. The van der Waals surface area contributed by atoms with Gasteiger partial charge in [-0.3, -0.25) is 0 Å². The van der Waals surface area contributed by atoms with Crippen LogP contribution in [0.1, 0.15) is 38.3 Å². The van der Waals surface area contributed by atoms with Crippen LogP contribution in [-0.4, -0.2) is 30.8 Å². The highest BCUT2D eigenvalue weighted by Crippen LogP contribution is 2.21. The molecule has 4 nitrogen and oxygen atoms in total. The number of carbonyl (C=O) groups excluding carboxylic acids is 1. The highest BCUT2D eigenvalue weighted by atomic mass is 16.6. The van der Waals surface area contributed by atoms with Crippen molar-refractivity contribution in [3.8, 4) is 0 Å². The Kier molecular flexibility index (Phi) is 5.23. The first-order chi connectivity index (χ1) is 9.94. The van der Waals surface area contributed by atoms with E-state index in [1.54, 1.807) is 0 Å². The van der Waals surface area contributed by atoms with E-state index < -0.39 is 5.60 Å². The number of benzene rings is 1. The van der Waals surface area contributed by atoms with Gasteiger partial charge >= 0.3 is 6.09 Å². The average Bonchev–Trinajstić information content (AvgIpc) is 2.78. The third kappa shape index (κ3) is 5.38. The fourth-order valence-corrected chi connectivity index (χ4v) is 2.60. The standard InChI is InChI=1S/C17H26N2O2/c1-17(2,3)21-16(20)19-10-6-9-18-15-11-13-7-4-5-8-14(13)12-15/h4-5,7-8,15,18H,6,9-12H2,1-3H3,(H,19,20). The Morgan fingerprint density at radius 3 is 2.38 bits per heavy atom. The second-order valence-electron chi connectivity index (χ2n) is 6.61. The largest absolute Gasteiger partial charge is 0.444 e. The van der Waals surface area contributed by atoms with Gasteiger partial charge in [-0.2, -0.15) is 0 Å². The first-order valence-corrected chi connectivity index (χ1v) is 7.71. The van der Waals surface area contributed by atoms with E-state index in [0.29, 0.717) is 12.6 Å². The SMILES string of the molecule is CC(C)(C)OC(=O)NCCCNC1Cc2ccccc2C1. The van der Waals surface area contributed by atoms with Crippen molar-refractivity contribution in [3.63, 3.8) is 0 Å². The third-order valence-corrected chi connectivity index (χ3v) is 3.51. The summed E-state index contributed by atoms with van der Waals surface area (Å²) in [4.78, 5) is 11.5. The summed E-state index contributed by atoms with van der Waals surface area (Å²) in [7, 11) is 0. The molecule has 2 rings (SSSR count). The molecule has 0 fully saturated rings. The molecule has 0 spiro atoms. The molecule has 21 heavy (non-hydrogen) atoms. The van der Waals surface area contributed by atoms with Gasteiger partial charge in [0.15, 0.2) is 0 Å². The molecule has 2 N–H and O–H groups in total. The second-order valence-corrected chi connectivity index (χ2v) is 6.61. The number of rotatable bonds is 5. The number of carbonyl (C=O) groups is 1. The number of ether oxygens (including phenoxy) is 1. The van der Waals surface area contributed by atoms with Gasteiger partial charge in [-0.05, 0) is 57.7 Å². The fourth-order valence-electron chi connectivity index (χ4n) is 2.60. The van der Waals surface area contributed by atoms with Gasteiger partial charge < -0.3 is 15.4 Å². The molecule has 0 atom stereocenters. The molecule has 0 radical (unpaired) electrons. The monoisotopic (exact) mass is 290 g/mol. The lowest BCUT2D eigenvalue weighted by Gasteiger charge is -2.19. The lowest BCUT2D eigenvalue weighted by atomic mass is 10.1. The van der Waals surface area contributed by atoms with Gasteiger partial charge in [-0.25, -0.2) is 4.79 Å². The van der Waals surface area contributed by atoms with E-state index >= 15 is 0 Å². The first-order valence-electron chi connectivity index (χ1n) is 7.71. The molecule has 1 aromatic rings. The van der Waals surface area contributed by atoms with E-state index in [1.165, 1.54) is 11.1 Å². The zero-order chi connectivity index (χ0) is 15.3. The number of fused-ring (bicyclic) bond motifs is 1. The Hall–Kier alpha value is -1.55. The van der Waals surface area contributed by atoms with Gasteiger partial charge in [0, 0.05) is 12.6 Å². The number of hydrogen-bond donors (Lipinski definition) is 2. The van der Waals surface area contributed by atoms with E-state index in [9.17, 15) is 4.79 Å². The quantitative estimate of drug-likeness (QED) is 0.820. The number of nitrogens with one attached hydrogen (secondary N) is 2. The van der Waals surface area contributed by atoms with Gasteiger partial charge in [0.1, 0.15) is 5.60 Å². The molecule has 0 bridgehead atoms. The lowest BCUT2D eigenvalue weighted by molar-refractivity contribution is 0.0527. The highest BCUT2D eigenvalue weighted by Gasteiger charge is 2.20. The normalized spacial score (nSPS) is 14.8. The molecule has 0 aliphatic heterocycles. The van der Waals surface area contributed by atoms with Crippen molar-refractivity contribution in [3.05, 3.63) is 35.4 Å². The van der Waals surface area contributed by atoms with Gasteiger partial charge in [0.25, 0.3) is 0 Å². The molecule has 1 aliphatic rings. The summed E-state index contributed by atoms with van der Waals surface area (Å²) in [6.45, 7) is 7.15. The van der Waals surface area contributed by atoms with E-state index in [0.717, 1.165) is 25.8 Å². The topological polar surface area (TPSA) is 50.4 Å². The van der Waals surface area contributed by atoms with Gasteiger partial charge in [0.05, 0.1) is 0 Å². The minimum atomic E-state index is -0.433. The zero-order valence-electron chi connectivity index (χ0n) is 13.2. The minimum Gasteiger partial charge on any atom is -0.444 e. The maximum absolute atomic E-state index is 11.5. The van der Waals surface area contributed by atoms with Gasteiger partial charge in [-0.15, -0.1) is 0 Å². The first kappa shape index (κ1) is 15.8. The summed E-state index contributed by atoms with van der Waals surface area (Å²) >= 11 is 0. The van der Waals surface area contributed by atoms with Crippen LogP contribution >= 0.6 is 0 Å². The van der Waals surface area contributed by atoms with Crippen molar-refractivity contribution in [2.24, 2.45) is 0 Å². The number of amides is 1. The molecule has 0 saturated heterocycles. The van der Waals surface area contributed by atoms with Crippen LogP contribution in [0.15, 0.2) is 24.3 Å². The number of alkyl carbamates (subject to hydrolysis) is 1. The van der Waals surface area contributed by atoms with Gasteiger partial charge in [0.2, 0.25) is 0 Å².